The molecule has 2 heterocycles. The van der Waals surface area contributed by atoms with Gasteiger partial charge >= 0.3 is 11.7 Å². The third-order valence-corrected chi connectivity index (χ3v) is 6.09. The van der Waals surface area contributed by atoms with E-state index < -0.39 is 5.97 Å². The van der Waals surface area contributed by atoms with E-state index in [2.05, 4.69) is 4.98 Å². The zero-order chi connectivity index (χ0) is 25.7. The Morgan fingerprint density at radius 3 is 2.44 bits per heavy atom. The highest BCUT2D eigenvalue weighted by molar-refractivity contribution is 5.89. The Morgan fingerprint density at radius 1 is 1.00 bits per heavy atom. The van der Waals surface area contributed by atoms with Crippen molar-refractivity contribution in [1.29, 1.82) is 0 Å². The van der Waals surface area contributed by atoms with Crippen molar-refractivity contribution in [3.8, 4) is 5.75 Å². The molecule has 0 amide bonds. The number of ether oxygens (including phenoxy) is 2. The van der Waals surface area contributed by atoms with Gasteiger partial charge in [-0.05, 0) is 56.0 Å². The van der Waals surface area contributed by atoms with E-state index >= 15 is 0 Å². The molecule has 188 valence electrons. The van der Waals surface area contributed by atoms with Crippen molar-refractivity contribution in [2.75, 3.05) is 0 Å². The summed E-state index contributed by atoms with van der Waals surface area (Å²) in [6, 6.07) is 16.7. The summed E-state index contributed by atoms with van der Waals surface area (Å²) in [5.41, 5.74) is 1.56. The molecule has 9 heteroatoms. The highest BCUT2D eigenvalue weighted by Crippen LogP contribution is 2.16. The van der Waals surface area contributed by atoms with Crippen LogP contribution >= 0.6 is 0 Å². The van der Waals surface area contributed by atoms with Gasteiger partial charge in [-0.15, -0.1) is 0 Å². The smallest absolute Gasteiger partial charge is 0.338 e. The Labute approximate surface area is 208 Å². The van der Waals surface area contributed by atoms with Gasteiger partial charge in [-0.25, -0.2) is 14.6 Å². The van der Waals surface area contributed by atoms with Crippen LogP contribution in [0.4, 0.5) is 0 Å². The molecule has 0 bridgehead atoms. The molecule has 1 atom stereocenters. The van der Waals surface area contributed by atoms with Gasteiger partial charge in [0.25, 0.3) is 5.56 Å². The predicted molar refractivity (Wildman–Crippen MR) is 136 cm³/mol. The van der Waals surface area contributed by atoms with E-state index in [1.807, 2.05) is 37.3 Å². The van der Waals surface area contributed by atoms with Crippen molar-refractivity contribution in [2.24, 2.45) is 14.1 Å². The first kappa shape index (κ1) is 25.0. The lowest BCUT2D eigenvalue weighted by Gasteiger charge is -2.14. The third kappa shape index (κ3) is 5.56. The topological polar surface area (TPSA) is 97.4 Å². The number of carbonyl (C=O) groups is 1. The molecule has 4 aromatic rings. The summed E-state index contributed by atoms with van der Waals surface area (Å²) in [6.07, 6.45) is 3.14. The summed E-state index contributed by atoms with van der Waals surface area (Å²) < 4.78 is 15.6. The predicted octanol–water partition coefficient (Wildman–Crippen LogP) is 3.43. The van der Waals surface area contributed by atoms with Crippen LogP contribution in [-0.4, -0.2) is 30.8 Å². The molecular formula is C27H30N4O5. The number of rotatable bonds is 10. The zero-order valence-corrected chi connectivity index (χ0v) is 20.7. The average Bonchev–Trinajstić information content (AvgIpc) is 3.28. The number of imidazole rings is 1. The summed E-state index contributed by atoms with van der Waals surface area (Å²) in [6.45, 7) is 2.58. The molecule has 0 aliphatic rings. The maximum atomic E-state index is 12.8. The molecule has 0 spiro atoms. The van der Waals surface area contributed by atoms with Crippen LogP contribution in [0.15, 0.2) is 70.5 Å². The molecule has 36 heavy (non-hydrogen) atoms. The maximum absolute atomic E-state index is 12.8. The minimum Gasteiger partial charge on any atom is -0.489 e. The quantitative estimate of drug-likeness (QED) is 0.250. The van der Waals surface area contributed by atoms with Crippen LogP contribution in [0.3, 0.4) is 0 Å². The normalized spacial score (nSPS) is 12.0. The number of hydrogen-bond donors (Lipinski definition) is 0. The van der Waals surface area contributed by atoms with Gasteiger partial charge in [0, 0.05) is 20.6 Å². The first-order valence-corrected chi connectivity index (χ1v) is 11.9. The fourth-order valence-corrected chi connectivity index (χ4v) is 4.03. The monoisotopic (exact) mass is 490 g/mol. The van der Waals surface area contributed by atoms with E-state index in [1.165, 1.54) is 15.5 Å². The molecule has 0 N–H and O–H groups in total. The molecule has 0 saturated carbocycles. The van der Waals surface area contributed by atoms with Crippen LogP contribution in [-0.2, 0) is 32.0 Å². The van der Waals surface area contributed by atoms with Crippen LogP contribution in [0, 0.1) is 0 Å². The summed E-state index contributed by atoms with van der Waals surface area (Å²) in [4.78, 5) is 42.0. The lowest BCUT2D eigenvalue weighted by atomic mass is 10.1. The Balaban J connectivity index is 1.25. The molecule has 0 fully saturated rings. The maximum Gasteiger partial charge on any atom is 0.338 e. The van der Waals surface area contributed by atoms with E-state index in [4.69, 9.17) is 9.47 Å². The van der Waals surface area contributed by atoms with Crippen molar-refractivity contribution < 1.29 is 14.3 Å². The molecule has 4 rings (SSSR count). The van der Waals surface area contributed by atoms with Crippen molar-refractivity contribution >= 4 is 17.1 Å². The number of esters is 1. The Bertz CT molecular complexity index is 1450. The number of fused-ring (bicyclic) bond motifs is 1. The van der Waals surface area contributed by atoms with Gasteiger partial charge in [0.05, 0.1) is 18.0 Å². The molecule has 0 unspecified atom stereocenters. The molecule has 9 nitrogen and oxygen atoms in total. The second kappa shape index (κ2) is 11.1. The fraction of sp³-hybridized carbons (Fsp3) is 0.333. The van der Waals surface area contributed by atoms with E-state index in [1.54, 1.807) is 42.9 Å². The van der Waals surface area contributed by atoms with Crippen molar-refractivity contribution in [3.63, 3.8) is 0 Å². The van der Waals surface area contributed by atoms with Gasteiger partial charge in [0.15, 0.2) is 11.2 Å². The fourth-order valence-electron chi connectivity index (χ4n) is 4.03. The van der Waals surface area contributed by atoms with Gasteiger partial charge in [-0.1, -0.05) is 30.3 Å². The Morgan fingerprint density at radius 2 is 1.72 bits per heavy atom. The van der Waals surface area contributed by atoms with E-state index in [9.17, 15) is 14.4 Å². The molecule has 0 aliphatic heterocycles. The largest absolute Gasteiger partial charge is 0.489 e. The molecule has 0 aliphatic carbocycles. The minimum absolute atomic E-state index is 0.289. The number of unbranched alkanes of at least 4 members (excludes halogenated alkanes) is 1. The Hall–Kier alpha value is -4.14. The number of hydrogen-bond acceptors (Lipinski definition) is 6. The van der Waals surface area contributed by atoms with Crippen LogP contribution in [0.1, 0.15) is 42.1 Å². The highest BCUT2D eigenvalue weighted by atomic mass is 16.5. The first-order chi connectivity index (χ1) is 17.3. The lowest BCUT2D eigenvalue weighted by Crippen LogP contribution is -2.39. The summed E-state index contributed by atoms with van der Waals surface area (Å²) >= 11 is 0. The van der Waals surface area contributed by atoms with Gasteiger partial charge in [-0.3, -0.25) is 13.9 Å². The van der Waals surface area contributed by atoms with Crippen LogP contribution in [0.5, 0.6) is 5.75 Å². The SMILES string of the molecule is C[C@H](CCCCn1c(=O)c2c(ncn2C)n(C)c1=O)OC(=O)c1ccc(OCc2ccccc2)cc1. The molecule has 0 saturated heterocycles. The second-order valence-corrected chi connectivity index (χ2v) is 8.84. The first-order valence-electron chi connectivity index (χ1n) is 11.9. The zero-order valence-electron chi connectivity index (χ0n) is 20.7. The molecule has 2 aromatic heterocycles. The van der Waals surface area contributed by atoms with Crippen LogP contribution in [0.25, 0.3) is 11.2 Å². The van der Waals surface area contributed by atoms with Gasteiger partial charge in [-0.2, -0.15) is 0 Å². The molecule has 2 aromatic carbocycles. The number of carbonyl (C=O) groups excluding carboxylic acids is 1. The van der Waals surface area contributed by atoms with Gasteiger partial charge in [0.1, 0.15) is 12.4 Å². The summed E-state index contributed by atoms with van der Waals surface area (Å²) in [7, 11) is 3.34. The Kier molecular flexibility index (Phi) is 7.68. The highest BCUT2D eigenvalue weighted by Gasteiger charge is 2.15. The van der Waals surface area contributed by atoms with Crippen molar-refractivity contribution in [2.45, 2.75) is 45.4 Å². The van der Waals surface area contributed by atoms with E-state index in [0.29, 0.717) is 48.3 Å². The molecule has 0 radical (unpaired) electrons. The van der Waals surface area contributed by atoms with Gasteiger partial charge < -0.3 is 14.0 Å². The van der Waals surface area contributed by atoms with E-state index in [0.717, 1.165) is 5.56 Å². The van der Waals surface area contributed by atoms with Crippen LogP contribution < -0.4 is 16.0 Å². The third-order valence-electron chi connectivity index (χ3n) is 6.09. The van der Waals surface area contributed by atoms with Gasteiger partial charge in [0.2, 0.25) is 0 Å². The van der Waals surface area contributed by atoms with E-state index in [-0.39, 0.29) is 23.9 Å². The minimum atomic E-state index is -0.399. The average molecular weight is 491 g/mol. The second-order valence-electron chi connectivity index (χ2n) is 8.84. The number of aromatic nitrogens is 4. The summed E-state index contributed by atoms with van der Waals surface area (Å²) in [5.74, 6) is 0.276. The number of benzene rings is 2. The lowest BCUT2D eigenvalue weighted by molar-refractivity contribution is 0.0319. The van der Waals surface area contributed by atoms with Crippen LogP contribution in [0.2, 0.25) is 0 Å². The molecular weight excluding hydrogens is 460 g/mol. The van der Waals surface area contributed by atoms with Crippen molar-refractivity contribution in [1.82, 2.24) is 18.7 Å². The summed E-state index contributed by atoms with van der Waals surface area (Å²) in [5, 5.41) is 0. The number of aryl methyl sites for hydroxylation is 2. The standard InChI is InChI=1S/C27H30N4O5/c1-19(9-7-8-16-31-25(32)23-24(28-18-29(23)2)30(3)27(31)34)36-26(33)21-12-14-22(15-13-21)35-17-20-10-5-4-6-11-20/h4-6,10-15,18-19H,7-9,16-17H2,1-3H3/t19-/m1/s1. The van der Waals surface area contributed by atoms with Crippen molar-refractivity contribution in [3.05, 3.63) is 92.9 Å². The number of nitrogens with zero attached hydrogens (tertiary/aromatic N) is 4.